The number of benzene rings is 2. The third-order valence-electron chi connectivity index (χ3n) is 2.58. The van der Waals surface area contributed by atoms with Crippen molar-refractivity contribution in [3.63, 3.8) is 0 Å². The molecule has 2 rings (SSSR count). The maximum atomic E-state index is 11.0. The maximum Gasteiger partial charge on any atom is 1.00 e. The summed E-state index contributed by atoms with van der Waals surface area (Å²) in [6.07, 6.45) is 0. The van der Waals surface area contributed by atoms with Crippen molar-refractivity contribution in [1.29, 1.82) is 10.5 Å². The number of nitriles is 2. The van der Waals surface area contributed by atoms with Crippen molar-refractivity contribution in [2.75, 3.05) is 0 Å². The summed E-state index contributed by atoms with van der Waals surface area (Å²) in [4.78, 5) is 0.693. The Labute approximate surface area is 175 Å². The van der Waals surface area contributed by atoms with Crippen LogP contribution < -0.4 is 51.4 Å². The second-order valence-electron chi connectivity index (χ2n) is 3.93. The molecule has 0 amide bonds. The van der Waals surface area contributed by atoms with Crippen LogP contribution in [0.1, 0.15) is 11.1 Å². The second-order valence-corrected chi connectivity index (χ2v) is 6.43. The molecule has 104 valence electrons. The number of hydrogen-bond donors (Lipinski definition) is 0. The maximum absolute atomic E-state index is 11.0. The van der Waals surface area contributed by atoms with Gasteiger partial charge in [-0.25, -0.2) is 8.42 Å². The van der Waals surface area contributed by atoms with Gasteiger partial charge in [-0.2, -0.15) is 10.5 Å². The van der Waals surface area contributed by atoms with Gasteiger partial charge in [-0.1, -0.05) is 23.9 Å². The van der Waals surface area contributed by atoms with E-state index >= 15 is 0 Å². The molecule has 0 saturated heterocycles. The Morgan fingerprint density at radius 3 is 2.32 bits per heavy atom. The summed E-state index contributed by atoms with van der Waals surface area (Å²) in [6.45, 7) is 0. The molecule has 2 aromatic rings. The van der Waals surface area contributed by atoms with E-state index in [1.807, 2.05) is 12.1 Å². The van der Waals surface area contributed by atoms with Gasteiger partial charge in [0.2, 0.25) is 0 Å². The van der Waals surface area contributed by atoms with Crippen LogP contribution in [0.4, 0.5) is 0 Å². The van der Waals surface area contributed by atoms with Crippen LogP contribution in [0, 0.1) is 22.7 Å². The number of hydrogen-bond acceptors (Lipinski definition) is 6. The van der Waals surface area contributed by atoms with Crippen LogP contribution >= 0.6 is 11.8 Å². The summed E-state index contributed by atoms with van der Waals surface area (Å²) in [7, 11) is -4.53. The van der Waals surface area contributed by atoms with Crippen molar-refractivity contribution < 1.29 is 64.4 Å². The summed E-state index contributed by atoms with van der Waals surface area (Å²) in [5.74, 6) is 0. The Bertz CT molecular complexity index is 884. The van der Waals surface area contributed by atoms with Gasteiger partial charge >= 0.3 is 51.4 Å². The summed E-state index contributed by atoms with van der Waals surface area (Å²) in [5.41, 5.74) is 0.468. The first-order valence-electron chi connectivity index (χ1n) is 5.62. The van der Waals surface area contributed by atoms with Crippen molar-refractivity contribution in [3.8, 4) is 12.1 Å². The van der Waals surface area contributed by atoms with Crippen LogP contribution in [0.15, 0.2) is 57.2 Å². The van der Waals surface area contributed by atoms with E-state index in [0.717, 1.165) is 11.8 Å². The van der Waals surface area contributed by atoms with Crippen LogP contribution in [0.2, 0.25) is 0 Å². The van der Waals surface area contributed by atoms with Gasteiger partial charge in [0.1, 0.15) is 22.3 Å². The van der Waals surface area contributed by atoms with Gasteiger partial charge < -0.3 is 4.55 Å². The Hall–Kier alpha value is -0.684. The quantitative estimate of drug-likeness (QED) is 0.543. The smallest absolute Gasteiger partial charge is 0.744 e. The van der Waals surface area contributed by atoms with Gasteiger partial charge in [-0.15, -0.1) is 0 Å². The molecule has 0 bridgehead atoms. The summed E-state index contributed by atoms with van der Waals surface area (Å²) in [5, 5.41) is 18.1. The molecule has 0 spiro atoms. The van der Waals surface area contributed by atoms with Crippen molar-refractivity contribution in [1.82, 2.24) is 0 Å². The largest absolute Gasteiger partial charge is 1.00 e. The fraction of sp³-hybridized carbons (Fsp3) is 0. The molecule has 5 nitrogen and oxygen atoms in total. The topological polar surface area (TPSA) is 105 Å². The van der Waals surface area contributed by atoms with E-state index in [4.69, 9.17) is 10.5 Å². The second kappa shape index (κ2) is 8.25. The molecule has 0 aliphatic rings. The molecule has 0 unspecified atom stereocenters. The van der Waals surface area contributed by atoms with Gasteiger partial charge in [-0.3, -0.25) is 0 Å². The molecule has 0 fully saturated rings. The van der Waals surface area contributed by atoms with Crippen LogP contribution in [0.3, 0.4) is 0 Å². The minimum absolute atomic E-state index is 0. The van der Waals surface area contributed by atoms with Gasteiger partial charge in [-0.05, 0) is 30.3 Å². The first-order valence-corrected chi connectivity index (χ1v) is 7.85. The standard InChI is InChI=1S/C14H8N2O3S2.K/c15-8-10-3-1-6-14(13(10)9-16)20-11-4-2-5-12(7-11)21(17,18)19;/h1-7H,(H,17,18,19);/q;+1/p-1. The van der Waals surface area contributed by atoms with E-state index < -0.39 is 10.1 Å². The van der Waals surface area contributed by atoms with Gasteiger partial charge in [0, 0.05) is 9.79 Å². The minimum Gasteiger partial charge on any atom is -0.744 e. The van der Waals surface area contributed by atoms with Gasteiger partial charge in [0.15, 0.2) is 0 Å². The van der Waals surface area contributed by atoms with Gasteiger partial charge in [0.05, 0.1) is 16.0 Å². The predicted octanol–water partition coefficient (Wildman–Crippen LogP) is -0.511. The molecule has 0 atom stereocenters. The zero-order valence-electron chi connectivity index (χ0n) is 11.5. The molecule has 0 aliphatic carbocycles. The van der Waals surface area contributed by atoms with Crippen LogP contribution in [-0.2, 0) is 10.1 Å². The van der Waals surface area contributed by atoms with Crippen molar-refractivity contribution in [3.05, 3.63) is 53.6 Å². The molecule has 0 aromatic heterocycles. The van der Waals surface area contributed by atoms with E-state index in [9.17, 15) is 13.0 Å². The molecule has 0 heterocycles. The molecule has 0 N–H and O–H groups in total. The normalized spacial score (nSPS) is 10.1. The summed E-state index contributed by atoms with van der Waals surface area (Å²) in [6, 6.07) is 14.2. The van der Waals surface area contributed by atoms with Gasteiger partial charge in [0.25, 0.3) is 0 Å². The van der Waals surface area contributed by atoms with E-state index in [0.29, 0.717) is 9.79 Å². The molecular weight excluding hydrogens is 347 g/mol. The first-order chi connectivity index (χ1) is 9.95. The molecule has 0 saturated carbocycles. The zero-order valence-corrected chi connectivity index (χ0v) is 16.2. The van der Waals surface area contributed by atoms with E-state index in [2.05, 4.69) is 0 Å². The monoisotopic (exact) mass is 354 g/mol. The van der Waals surface area contributed by atoms with E-state index in [-0.39, 0.29) is 67.4 Å². The van der Waals surface area contributed by atoms with E-state index in [1.165, 1.54) is 24.3 Å². The number of nitrogens with zero attached hydrogens (tertiary/aromatic N) is 2. The van der Waals surface area contributed by atoms with Crippen molar-refractivity contribution in [2.45, 2.75) is 14.7 Å². The van der Waals surface area contributed by atoms with Crippen molar-refractivity contribution in [2.24, 2.45) is 0 Å². The molecule has 2 aromatic carbocycles. The molecule has 8 heteroatoms. The van der Waals surface area contributed by atoms with Crippen LogP contribution in [-0.4, -0.2) is 13.0 Å². The SMILES string of the molecule is N#Cc1cccc(Sc2cccc(S(=O)(=O)[O-])c2)c1C#N.[K+]. The molecular formula is C14H7KN2O3S2. The Balaban J connectivity index is 0.00000242. The van der Waals surface area contributed by atoms with Crippen molar-refractivity contribution >= 4 is 21.9 Å². The zero-order chi connectivity index (χ0) is 15.5. The van der Waals surface area contributed by atoms with E-state index in [1.54, 1.807) is 18.2 Å². The predicted molar refractivity (Wildman–Crippen MR) is 74.4 cm³/mol. The summed E-state index contributed by atoms with van der Waals surface area (Å²) >= 11 is 1.12. The third kappa shape index (κ3) is 4.65. The first kappa shape index (κ1) is 19.4. The van der Waals surface area contributed by atoms with Crippen LogP contribution in [0.25, 0.3) is 0 Å². The fourth-order valence-electron chi connectivity index (χ4n) is 1.64. The molecule has 0 radical (unpaired) electrons. The van der Waals surface area contributed by atoms with Crippen LogP contribution in [0.5, 0.6) is 0 Å². The average molecular weight is 354 g/mol. The Kier molecular flexibility index (Phi) is 7.26. The number of rotatable bonds is 3. The minimum atomic E-state index is -4.53. The average Bonchev–Trinajstić information content (AvgIpc) is 2.46. The Morgan fingerprint density at radius 1 is 1.05 bits per heavy atom. The Morgan fingerprint density at radius 2 is 1.73 bits per heavy atom. The summed E-state index contributed by atoms with van der Waals surface area (Å²) < 4.78 is 33.0. The fourth-order valence-corrected chi connectivity index (χ4v) is 3.23. The molecule has 0 aliphatic heterocycles. The molecule has 22 heavy (non-hydrogen) atoms. The third-order valence-corrected chi connectivity index (χ3v) is 4.46.